The van der Waals surface area contributed by atoms with Crippen LogP contribution in [0.15, 0.2) is 107 Å². The Labute approximate surface area is 718 Å². The number of pyridine rings is 1. The number of aryl methyl sites for hydroxylation is 1. The van der Waals surface area contributed by atoms with E-state index in [1.165, 1.54) is 4.90 Å². The molecular formula is C91H133N7O22S. The van der Waals surface area contributed by atoms with Crippen LogP contribution < -0.4 is 26.8 Å². The number of carbonyl (C=O) groups is 8. The number of nitrogens with zero attached hydrogens (tertiary/aromatic N) is 3. The van der Waals surface area contributed by atoms with E-state index >= 15 is 0 Å². The van der Waals surface area contributed by atoms with E-state index in [1.54, 1.807) is 51.1 Å². The summed E-state index contributed by atoms with van der Waals surface area (Å²) in [6, 6.07) is 13.6. The van der Waals surface area contributed by atoms with Gasteiger partial charge < -0.3 is 98.6 Å². The summed E-state index contributed by atoms with van der Waals surface area (Å²) in [5.41, 5.74) is 18.5. The van der Waals surface area contributed by atoms with Crippen molar-refractivity contribution in [2.75, 3.05) is 157 Å². The molecule has 670 valence electrons. The van der Waals surface area contributed by atoms with Crippen molar-refractivity contribution in [1.82, 2.24) is 25.4 Å². The van der Waals surface area contributed by atoms with Crippen molar-refractivity contribution in [2.45, 2.75) is 204 Å². The zero-order chi connectivity index (χ0) is 86.7. The third kappa shape index (κ3) is 35.4. The van der Waals surface area contributed by atoms with E-state index in [-0.39, 0.29) is 111 Å². The smallest absolute Gasteiger partial charge is 0.407 e. The van der Waals surface area contributed by atoms with Crippen LogP contribution in [0.2, 0.25) is 0 Å². The number of aliphatic hydroxyl groups excluding tert-OH is 1. The lowest BCUT2D eigenvalue weighted by Gasteiger charge is -2.37. The van der Waals surface area contributed by atoms with Crippen LogP contribution in [0.25, 0.3) is 11.1 Å². The van der Waals surface area contributed by atoms with Crippen molar-refractivity contribution in [3.05, 3.63) is 119 Å². The number of benzene rings is 2. The number of cyclic esters (lactones) is 1. The Hall–Kier alpha value is -7.82. The number of allylic oxidation sites excluding steroid dienone is 6. The van der Waals surface area contributed by atoms with Gasteiger partial charge >= 0.3 is 12.1 Å². The van der Waals surface area contributed by atoms with Crippen LogP contribution >= 0.6 is 11.8 Å². The molecule has 0 radical (unpaired) electrons. The van der Waals surface area contributed by atoms with Crippen molar-refractivity contribution in [3.8, 4) is 16.9 Å². The number of hydrogen-bond donors (Lipinski definition) is 5. The Kier molecular flexibility index (Phi) is 44.6. The lowest BCUT2D eigenvalue weighted by molar-refractivity contribution is -0.167. The molecule has 121 heavy (non-hydrogen) atoms. The van der Waals surface area contributed by atoms with Crippen LogP contribution in [0, 0.1) is 30.6 Å². The minimum atomic E-state index is -1.11. The predicted octanol–water partition coefficient (Wildman–Crippen LogP) is 10.2. The molecule has 4 amide bonds. The number of Topliss-reactive ketones (excluding diaryl/α,β-unsaturated/α-hetero) is 3. The zero-order valence-corrected chi connectivity index (χ0v) is 72.9. The molecule has 5 aliphatic rings. The topological polar surface area (TPSA) is 372 Å². The highest BCUT2D eigenvalue weighted by Crippen LogP contribution is 2.35. The fourth-order valence-corrected chi connectivity index (χ4v) is 16.1. The maximum atomic E-state index is 14.5. The highest BCUT2D eigenvalue weighted by atomic mass is 32.2. The van der Waals surface area contributed by atoms with Gasteiger partial charge in [0.2, 0.25) is 11.7 Å². The molecule has 30 heteroatoms. The molecule has 0 spiro atoms. The minimum Gasteiger partial charge on any atom is -0.491 e. The second-order valence-electron chi connectivity index (χ2n) is 31.9. The number of ether oxygens (including phenoxy) is 13. The van der Waals surface area contributed by atoms with Gasteiger partial charge in [-0.05, 0) is 174 Å². The molecule has 4 aliphatic heterocycles. The van der Waals surface area contributed by atoms with E-state index in [2.05, 4.69) is 15.6 Å². The molecular weight excluding hydrogens is 1580 g/mol. The van der Waals surface area contributed by atoms with Gasteiger partial charge in [-0.15, -0.1) is 11.8 Å². The molecule has 1 aliphatic carbocycles. The number of alkyl carbamates (subject to hydrolysis) is 1. The largest absolute Gasteiger partial charge is 0.491 e. The van der Waals surface area contributed by atoms with Crippen molar-refractivity contribution < 1.29 is 105 Å². The molecule has 7 N–H and O–H groups in total. The molecule has 2 aromatic carbocycles. The Morgan fingerprint density at radius 2 is 1.34 bits per heavy atom. The van der Waals surface area contributed by atoms with E-state index in [4.69, 9.17) is 73.0 Å². The lowest BCUT2D eigenvalue weighted by Crippen LogP contribution is -2.55. The Morgan fingerprint density at radius 3 is 1.99 bits per heavy atom. The number of aliphatic hydroxyl groups is 1. The van der Waals surface area contributed by atoms with Crippen LogP contribution in [0.4, 0.5) is 10.6 Å². The molecule has 29 nitrogen and oxygen atoms in total. The third-order valence-electron chi connectivity index (χ3n) is 22.4. The summed E-state index contributed by atoms with van der Waals surface area (Å²) in [6.45, 7) is 19.3. The number of thioether (sulfide) groups is 1. The number of nitrogen functional groups attached to an aromatic ring is 1. The molecule has 8 rings (SSSR count). The van der Waals surface area contributed by atoms with Gasteiger partial charge in [-0.1, -0.05) is 63.3 Å². The van der Waals surface area contributed by atoms with Gasteiger partial charge in [0.15, 0.2) is 0 Å². The number of ketones is 3. The first-order chi connectivity index (χ1) is 58.5. The van der Waals surface area contributed by atoms with E-state index in [0.717, 1.165) is 38.5 Å². The number of fused-ring (bicyclic) bond motifs is 4. The van der Waals surface area contributed by atoms with Gasteiger partial charge in [-0.25, -0.2) is 14.6 Å². The summed E-state index contributed by atoms with van der Waals surface area (Å²) in [7, 11) is 1.63. The molecule has 5 heterocycles. The molecule has 2 saturated heterocycles. The van der Waals surface area contributed by atoms with Crippen molar-refractivity contribution >= 4 is 64.7 Å². The van der Waals surface area contributed by atoms with Gasteiger partial charge in [0.05, 0.1) is 131 Å². The first-order valence-corrected chi connectivity index (χ1v) is 44.3. The number of hydrogen-bond acceptors (Lipinski definition) is 26. The maximum absolute atomic E-state index is 14.5. The predicted molar refractivity (Wildman–Crippen MR) is 459 cm³/mol. The Morgan fingerprint density at radius 1 is 0.678 bits per heavy atom. The standard InChI is InChI=1S/C91H133N7O22S/c1-62-14-9-8-10-15-63(2)83(108-7)57-73-16-13-18-82(118-73)87(103)89(105)98-32-12-11-17-77(98)90(106)120-84(59-80(101)67(6)53-66(5)79(100)58-78(99)65(4)52-62)76(92)55-68-19-23-72(24-20-68)119-91(107)95-30-35-110-38-40-112-42-44-114-46-48-116-50-49-115-47-45-113-43-41-111-39-37-109-34-29-86(102)94-31-51-121-74-25-26-75(64(3)54-74)88(104)97-33-36-117-81-27-21-69(56-71(81)61-97)70-22-28-85(93)96-60-70/h8-10,14-15,21-22,25-28,53-54,56,60,62,65,67-68,72-73,76-77,79,82-84,100H,11-13,16-20,23-24,29-52,55,57-59,61,92H2,1-7H3,(H2,93,96)(H,94,102)(H,95,107)/b10-8+,14-9+,63-15+,66-53+/t62-,65-,67-,68?,72?,73+,76-,77+,79+,82?,83+,84+/m1/s1. The highest BCUT2D eigenvalue weighted by Gasteiger charge is 2.43. The number of carbonyl (C=O) groups excluding carboxylic acids is 8. The first-order valence-electron chi connectivity index (χ1n) is 43.3. The summed E-state index contributed by atoms with van der Waals surface area (Å²) in [5.74, 6) is -1.87. The average molecular weight is 1710 g/mol. The number of aromatic nitrogens is 1. The zero-order valence-electron chi connectivity index (χ0n) is 72.1. The van der Waals surface area contributed by atoms with Gasteiger partial charge in [0.1, 0.15) is 54.1 Å². The molecule has 10 atom stereocenters. The van der Waals surface area contributed by atoms with Crippen LogP contribution in [0.1, 0.15) is 159 Å². The third-order valence-corrected chi connectivity index (χ3v) is 23.4. The van der Waals surface area contributed by atoms with Crippen molar-refractivity contribution in [2.24, 2.45) is 29.4 Å². The number of rotatable bonds is 38. The highest BCUT2D eigenvalue weighted by molar-refractivity contribution is 7.99. The number of nitrogens with one attached hydrogen (secondary N) is 2. The van der Waals surface area contributed by atoms with Crippen LogP contribution in [-0.2, 0) is 92.2 Å². The van der Waals surface area contributed by atoms with Gasteiger partial charge in [-0.2, -0.15) is 0 Å². The minimum absolute atomic E-state index is 0.0458. The Bertz CT molecular complexity index is 3840. The molecule has 3 fully saturated rings. The number of esters is 1. The summed E-state index contributed by atoms with van der Waals surface area (Å²) in [4.78, 5) is 118. The molecule has 3 aromatic rings. The van der Waals surface area contributed by atoms with Crippen molar-refractivity contribution in [3.63, 3.8) is 0 Å². The summed E-state index contributed by atoms with van der Waals surface area (Å²) >= 11 is 1.61. The summed E-state index contributed by atoms with van der Waals surface area (Å²) < 4.78 is 75.0. The first kappa shape index (κ1) is 98.6. The van der Waals surface area contributed by atoms with Gasteiger partial charge in [0, 0.05) is 110 Å². The second kappa shape index (κ2) is 54.7. The normalized spacial score (nSPS) is 25.1. The lowest BCUT2D eigenvalue weighted by atomic mass is 9.81. The number of piperidine rings is 1. The van der Waals surface area contributed by atoms with Crippen LogP contribution in [0.5, 0.6) is 5.75 Å². The Balaban J connectivity index is 0.606. The van der Waals surface area contributed by atoms with Crippen molar-refractivity contribution in [1.29, 1.82) is 0 Å². The number of anilines is 1. The van der Waals surface area contributed by atoms with Gasteiger partial charge in [-0.3, -0.25) is 28.8 Å². The fraction of sp³-hybridized carbons (Fsp3) is 0.637. The average Bonchev–Trinajstić information content (AvgIpc) is 1.79. The fourth-order valence-electron chi connectivity index (χ4n) is 15.3. The molecule has 1 unspecified atom stereocenters. The van der Waals surface area contributed by atoms with E-state index in [0.29, 0.717) is 218 Å². The summed E-state index contributed by atoms with van der Waals surface area (Å²) in [6.07, 6.45) is 15.3. The van der Waals surface area contributed by atoms with Crippen LogP contribution in [0.3, 0.4) is 0 Å². The molecule has 1 aromatic heterocycles. The van der Waals surface area contributed by atoms with Gasteiger partial charge in [0.25, 0.3) is 11.8 Å². The quantitative estimate of drug-likeness (QED) is 0.0117. The van der Waals surface area contributed by atoms with E-state index in [1.807, 2.05) is 105 Å². The molecule has 2 bridgehead atoms. The number of methoxy groups -OCH3 is 1. The monoisotopic (exact) mass is 1710 g/mol. The summed E-state index contributed by atoms with van der Waals surface area (Å²) in [5, 5.41) is 16.9. The SMILES string of the molecule is CO[C@H]1C[C@@H]2CCCC(O2)C(=O)C(=O)N2CCCC[C@H]2C(=O)O[C@H]([C@H](N)CC2CCC(OC(=O)NCCOCCOCCOCCOCCOCCOCCOCCOCCC(=O)NCCSc3ccc(C(=O)N4CCOc5ccc(-c6ccc(N)nc6)cc5C4)c(C)c3)CC2)CC(=O)[C@H](C)/C=C(\C)[C@@H](O)CC(=O)[C@H](C)C[C@H](C)/C=C/C=C/C=C/1C. The van der Waals surface area contributed by atoms with E-state index in [9.17, 15) is 43.5 Å². The maximum Gasteiger partial charge on any atom is 0.407 e. The number of amides is 4. The van der Waals surface area contributed by atoms with Crippen LogP contribution in [-0.4, -0.2) is 267 Å². The van der Waals surface area contributed by atoms with E-state index < -0.39 is 60.1 Å². The number of nitrogens with two attached hydrogens (primary N) is 2. The molecule has 1 saturated carbocycles. The second-order valence-corrected chi connectivity index (χ2v) is 33.1.